The van der Waals surface area contributed by atoms with E-state index in [2.05, 4.69) is 31.7 Å². The summed E-state index contributed by atoms with van der Waals surface area (Å²) in [6.07, 6.45) is -4.48. The van der Waals surface area contributed by atoms with Crippen LogP contribution in [0.4, 0.5) is 13.2 Å². The summed E-state index contributed by atoms with van der Waals surface area (Å²) >= 11 is 2.91. The van der Waals surface area contributed by atoms with Gasteiger partial charge in [0.2, 0.25) is 5.88 Å². The lowest BCUT2D eigenvalue weighted by molar-refractivity contribution is -0.154. The molecule has 0 bridgehead atoms. The Morgan fingerprint density at radius 3 is 2.75 bits per heavy atom. The van der Waals surface area contributed by atoms with Crippen molar-refractivity contribution >= 4 is 21.8 Å². The second-order valence-electron chi connectivity index (χ2n) is 2.67. The van der Waals surface area contributed by atoms with Crippen LogP contribution in [-0.2, 0) is 0 Å². The summed E-state index contributed by atoms with van der Waals surface area (Å²) in [6, 6.07) is 3.59. The Morgan fingerprint density at radius 2 is 2.25 bits per heavy atom. The van der Waals surface area contributed by atoms with Gasteiger partial charge in [-0.3, -0.25) is 4.79 Å². The molecule has 1 amide bonds. The van der Waals surface area contributed by atoms with E-state index in [0.29, 0.717) is 0 Å². The molecular formula is C8H5BrF3N2O2. The zero-order valence-electron chi connectivity index (χ0n) is 7.64. The molecular weight excluding hydrogens is 293 g/mol. The topological polar surface area (TPSA) is 65.2 Å². The van der Waals surface area contributed by atoms with E-state index >= 15 is 0 Å². The number of nitrogens with two attached hydrogens (primary N) is 1. The van der Waals surface area contributed by atoms with Gasteiger partial charge >= 0.3 is 6.18 Å². The fraction of sp³-hybridized carbons (Fsp3) is 0.250. The van der Waals surface area contributed by atoms with Gasteiger partial charge in [0.1, 0.15) is 5.69 Å². The SMILES string of the molecule is NC(=O)c1[c]cc(Br)c(OCC(F)(F)F)n1. The van der Waals surface area contributed by atoms with Crippen molar-refractivity contribution in [1.82, 2.24) is 4.98 Å². The molecule has 87 valence electrons. The molecule has 1 radical (unpaired) electrons. The first-order valence-electron chi connectivity index (χ1n) is 3.87. The number of primary amides is 1. The average Bonchev–Trinajstić information content (AvgIpc) is 2.14. The monoisotopic (exact) mass is 297 g/mol. The van der Waals surface area contributed by atoms with E-state index in [-0.39, 0.29) is 16.0 Å². The molecule has 2 N–H and O–H groups in total. The Bertz CT molecular complexity index is 409. The van der Waals surface area contributed by atoms with Gasteiger partial charge in [-0.2, -0.15) is 13.2 Å². The van der Waals surface area contributed by atoms with Gasteiger partial charge in [-0.15, -0.1) is 0 Å². The second kappa shape index (κ2) is 4.69. The molecule has 1 aromatic heterocycles. The summed E-state index contributed by atoms with van der Waals surface area (Å²) < 4.78 is 40.1. The third kappa shape index (κ3) is 3.69. The number of rotatable bonds is 3. The quantitative estimate of drug-likeness (QED) is 0.923. The number of ether oxygens (including phenoxy) is 1. The summed E-state index contributed by atoms with van der Waals surface area (Å²) in [5, 5.41) is 0. The number of carbonyl (C=O) groups excluding carboxylic acids is 1. The van der Waals surface area contributed by atoms with Gasteiger partial charge in [-0.1, -0.05) is 0 Å². The number of amides is 1. The van der Waals surface area contributed by atoms with Gasteiger partial charge in [0.15, 0.2) is 6.61 Å². The smallest absolute Gasteiger partial charge is 0.422 e. The van der Waals surface area contributed by atoms with Crippen molar-refractivity contribution in [2.24, 2.45) is 5.73 Å². The number of aromatic nitrogens is 1. The maximum Gasteiger partial charge on any atom is 0.422 e. The maximum absolute atomic E-state index is 11.9. The minimum Gasteiger partial charge on any atom is -0.467 e. The van der Waals surface area contributed by atoms with Crippen LogP contribution in [0.1, 0.15) is 10.5 Å². The van der Waals surface area contributed by atoms with Gasteiger partial charge in [-0.05, 0) is 22.0 Å². The molecule has 1 heterocycles. The molecule has 0 spiro atoms. The molecule has 0 unspecified atom stereocenters. The van der Waals surface area contributed by atoms with Crippen molar-refractivity contribution in [3.8, 4) is 5.88 Å². The van der Waals surface area contributed by atoms with Crippen LogP contribution in [0.3, 0.4) is 0 Å². The third-order valence-electron chi connectivity index (χ3n) is 1.36. The number of halogens is 4. The minimum atomic E-state index is -4.48. The van der Waals surface area contributed by atoms with Crippen molar-refractivity contribution in [1.29, 1.82) is 0 Å². The van der Waals surface area contributed by atoms with Crippen LogP contribution in [0, 0.1) is 6.07 Å². The molecule has 8 heteroatoms. The molecule has 16 heavy (non-hydrogen) atoms. The highest BCUT2D eigenvalue weighted by Gasteiger charge is 2.29. The molecule has 1 rings (SSSR count). The van der Waals surface area contributed by atoms with Crippen LogP contribution >= 0.6 is 15.9 Å². The zero-order valence-corrected chi connectivity index (χ0v) is 9.22. The highest BCUT2D eigenvalue weighted by atomic mass is 79.9. The summed E-state index contributed by atoms with van der Waals surface area (Å²) in [5.41, 5.74) is 4.60. The number of alkyl halides is 3. The zero-order chi connectivity index (χ0) is 12.3. The van der Waals surface area contributed by atoms with Crippen molar-refractivity contribution in [2.45, 2.75) is 6.18 Å². The Balaban J connectivity index is 2.86. The van der Waals surface area contributed by atoms with Gasteiger partial charge in [-0.25, -0.2) is 4.98 Å². The molecule has 0 saturated heterocycles. The lowest BCUT2D eigenvalue weighted by atomic mass is 10.3. The molecule has 0 aliphatic heterocycles. The first-order chi connectivity index (χ1) is 7.29. The van der Waals surface area contributed by atoms with Crippen molar-refractivity contribution < 1.29 is 22.7 Å². The van der Waals surface area contributed by atoms with Crippen LogP contribution < -0.4 is 10.5 Å². The Labute approximate surface area is 96.7 Å². The van der Waals surface area contributed by atoms with Crippen molar-refractivity contribution in [2.75, 3.05) is 6.61 Å². The van der Waals surface area contributed by atoms with E-state index in [0.717, 1.165) is 0 Å². The molecule has 1 aromatic rings. The lowest BCUT2D eigenvalue weighted by Crippen LogP contribution is -2.21. The number of nitrogens with zero attached hydrogens (tertiary/aromatic N) is 1. The number of hydrogen-bond acceptors (Lipinski definition) is 3. The molecule has 0 fully saturated rings. The van der Waals surface area contributed by atoms with E-state index < -0.39 is 18.7 Å². The standard InChI is InChI=1S/C8H5BrF3N2O2/c9-4-1-2-5(6(13)15)14-7(4)16-3-8(10,11)12/h1H,3H2,(H2,13,15). The molecule has 0 aromatic carbocycles. The lowest BCUT2D eigenvalue weighted by Gasteiger charge is -2.09. The third-order valence-corrected chi connectivity index (χ3v) is 1.93. The molecule has 0 atom stereocenters. The molecule has 4 nitrogen and oxygen atoms in total. The van der Waals surface area contributed by atoms with E-state index in [4.69, 9.17) is 5.73 Å². The van der Waals surface area contributed by atoms with Gasteiger partial charge in [0.05, 0.1) is 4.47 Å². The summed E-state index contributed by atoms with van der Waals surface area (Å²) in [7, 11) is 0. The summed E-state index contributed by atoms with van der Waals surface area (Å²) in [6.45, 7) is -1.50. The fourth-order valence-corrected chi connectivity index (χ4v) is 1.08. The van der Waals surface area contributed by atoms with Crippen LogP contribution in [0.2, 0.25) is 0 Å². The molecule has 0 saturated carbocycles. The van der Waals surface area contributed by atoms with Gasteiger partial charge in [0, 0.05) is 6.07 Å². The summed E-state index contributed by atoms with van der Waals surface area (Å²) in [5.74, 6) is -1.26. The molecule has 0 aliphatic carbocycles. The minimum absolute atomic E-state index is 0.154. The fourth-order valence-electron chi connectivity index (χ4n) is 0.758. The van der Waals surface area contributed by atoms with Crippen LogP contribution in [0.15, 0.2) is 10.5 Å². The molecule has 0 aliphatic rings. The van der Waals surface area contributed by atoms with Crippen LogP contribution in [-0.4, -0.2) is 23.7 Å². The van der Waals surface area contributed by atoms with E-state index in [1.165, 1.54) is 6.07 Å². The summed E-state index contributed by atoms with van der Waals surface area (Å²) in [4.78, 5) is 14.2. The number of pyridine rings is 1. The van der Waals surface area contributed by atoms with Gasteiger partial charge < -0.3 is 10.5 Å². The predicted octanol–water partition coefficient (Wildman–Crippen LogP) is 1.68. The first kappa shape index (κ1) is 12.8. The van der Waals surface area contributed by atoms with Gasteiger partial charge in [0.25, 0.3) is 5.91 Å². The average molecular weight is 298 g/mol. The van der Waals surface area contributed by atoms with E-state index in [9.17, 15) is 18.0 Å². The van der Waals surface area contributed by atoms with E-state index in [1.54, 1.807) is 0 Å². The van der Waals surface area contributed by atoms with Crippen LogP contribution in [0.5, 0.6) is 5.88 Å². The second-order valence-corrected chi connectivity index (χ2v) is 3.52. The highest BCUT2D eigenvalue weighted by molar-refractivity contribution is 9.10. The van der Waals surface area contributed by atoms with E-state index in [1.807, 2.05) is 0 Å². The Hall–Kier alpha value is -1.31. The largest absolute Gasteiger partial charge is 0.467 e. The first-order valence-corrected chi connectivity index (χ1v) is 4.66. The van der Waals surface area contributed by atoms with Crippen molar-refractivity contribution in [3.05, 3.63) is 22.3 Å². The highest BCUT2D eigenvalue weighted by Crippen LogP contribution is 2.24. The Morgan fingerprint density at radius 1 is 1.62 bits per heavy atom. The number of carbonyl (C=O) groups is 1. The maximum atomic E-state index is 11.9. The normalized spacial score (nSPS) is 11.2. The van der Waals surface area contributed by atoms with Crippen molar-refractivity contribution in [3.63, 3.8) is 0 Å². The van der Waals surface area contributed by atoms with Crippen LogP contribution in [0.25, 0.3) is 0 Å². The number of hydrogen-bond donors (Lipinski definition) is 1. The predicted molar refractivity (Wildman–Crippen MR) is 50.8 cm³/mol. The Kier molecular flexibility index (Phi) is 3.74.